The van der Waals surface area contributed by atoms with E-state index in [1.807, 2.05) is 51.2 Å². The second-order valence-electron chi connectivity index (χ2n) is 19.1. The maximum atomic E-state index is 14.6. The number of carbonyl (C=O) groups excluding carboxylic acids is 4. The van der Waals surface area contributed by atoms with E-state index in [1.54, 1.807) is 25.3 Å². The Balaban J connectivity index is 1.26. The van der Waals surface area contributed by atoms with Crippen LogP contribution < -0.4 is 10.7 Å². The number of hydrogen-bond donors (Lipinski definition) is 2. The molecule has 1 aromatic carbocycles. The summed E-state index contributed by atoms with van der Waals surface area (Å²) in [4.78, 5) is 72.2. The molecule has 7 rings (SSSR count). The molecule has 65 heavy (non-hydrogen) atoms. The van der Waals surface area contributed by atoms with Gasteiger partial charge in [-0.15, -0.1) is 11.3 Å². The van der Waals surface area contributed by atoms with Gasteiger partial charge in [0.2, 0.25) is 5.91 Å². The van der Waals surface area contributed by atoms with E-state index in [1.165, 1.54) is 21.2 Å². The minimum absolute atomic E-state index is 0.0974. The van der Waals surface area contributed by atoms with Gasteiger partial charge in [0.15, 0.2) is 0 Å². The molecule has 3 aliphatic heterocycles. The Hall–Kier alpha value is -4.94. The standard InChI is InChI=1S/C48H67N9O7S/c1-11-56-39-17-16-31-22-34(39)35(43(56)33-14-12-18-49-41(33)30(4)62-10)24-48(5,6)28-64-46(60)36-15-13-19-57(52-36)45(59)37(23-40-50-38(31)27-65-40)51-44(58)42(29(2)3)54(9)47(61)55-20-21-63-32(26-55)25-53(7)8/h12,14,16-18,22,27,29-30,32,36-37,42,52H,11,13,15,19-21,23-26,28H2,1-10H3,(H,51,58)/t30-,32?,36-,37-,42-/m0/s1. The number of cyclic esters (lactones) is 1. The van der Waals surface area contributed by atoms with Crippen molar-refractivity contribution in [1.82, 2.24) is 45.0 Å². The number of methoxy groups -OCH3 is 1. The van der Waals surface area contributed by atoms with Crippen molar-refractivity contribution < 1.29 is 33.4 Å². The van der Waals surface area contributed by atoms with Crippen LogP contribution in [0, 0.1) is 11.3 Å². The first-order chi connectivity index (χ1) is 31.0. The number of ether oxygens (including phenoxy) is 3. The highest BCUT2D eigenvalue weighted by molar-refractivity contribution is 7.10. The number of pyridine rings is 1. The Morgan fingerprint density at radius 1 is 1.12 bits per heavy atom. The van der Waals surface area contributed by atoms with Gasteiger partial charge in [-0.25, -0.2) is 15.2 Å². The molecule has 352 valence electrons. The molecule has 17 heteroatoms. The molecule has 16 nitrogen and oxygen atoms in total. The van der Waals surface area contributed by atoms with E-state index in [0.29, 0.717) is 63.6 Å². The Morgan fingerprint density at radius 3 is 2.63 bits per heavy atom. The SMILES string of the molecule is CCn1c(-c2cccnc2[C@H](C)OC)c2c3cc(ccc31)-c1csc(n1)C[C@H](NC(=O)[C@H](C(C)C)N(C)C(=O)N1CCOC(CN(C)C)C1)C(=O)N1CCC[C@H](N1)C(=O)OCC(C)(C)C2. The van der Waals surface area contributed by atoms with Crippen molar-refractivity contribution in [2.45, 2.75) is 104 Å². The van der Waals surface area contributed by atoms with Gasteiger partial charge in [-0.1, -0.05) is 33.8 Å². The average Bonchev–Trinajstić information content (AvgIpc) is 3.88. The Kier molecular flexibility index (Phi) is 15.0. The second kappa shape index (κ2) is 20.3. The van der Waals surface area contributed by atoms with E-state index in [4.69, 9.17) is 24.2 Å². The number of fused-ring (bicyclic) bond motifs is 6. The highest BCUT2D eigenvalue weighted by Crippen LogP contribution is 2.42. The van der Waals surface area contributed by atoms with Crippen LogP contribution in [0.3, 0.4) is 0 Å². The molecule has 4 aromatic rings. The topological polar surface area (TPSA) is 164 Å². The van der Waals surface area contributed by atoms with Crippen LogP contribution in [0.4, 0.5) is 4.79 Å². The van der Waals surface area contributed by atoms with Gasteiger partial charge in [0.25, 0.3) is 5.91 Å². The summed E-state index contributed by atoms with van der Waals surface area (Å²) in [5.74, 6) is -1.58. The van der Waals surface area contributed by atoms with E-state index in [0.717, 1.165) is 44.7 Å². The fourth-order valence-electron chi connectivity index (χ4n) is 9.50. The summed E-state index contributed by atoms with van der Waals surface area (Å²) in [6, 6.07) is 7.47. The molecule has 1 unspecified atom stereocenters. The van der Waals surface area contributed by atoms with Gasteiger partial charge in [0, 0.05) is 92.3 Å². The van der Waals surface area contributed by atoms with Crippen LogP contribution in [-0.2, 0) is 48.0 Å². The van der Waals surface area contributed by atoms with Crippen molar-refractivity contribution in [2.75, 3.05) is 67.6 Å². The first-order valence-corrected chi connectivity index (χ1v) is 23.8. The van der Waals surface area contributed by atoms with E-state index < -0.39 is 41.3 Å². The van der Waals surface area contributed by atoms with Crippen molar-refractivity contribution in [2.24, 2.45) is 11.3 Å². The Labute approximate surface area is 386 Å². The summed E-state index contributed by atoms with van der Waals surface area (Å²) >= 11 is 1.42. The van der Waals surface area contributed by atoms with Crippen LogP contribution in [-0.4, -0.2) is 150 Å². The molecule has 6 bridgehead atoms. The number of thiazole rings is 1. The maximum absolute atomic E-state index is 14.6. The highest BCUT2D eigenvalue weighted by Gasteiger charge is 2.39. The minimum Gasteiger partial charge on any atom is -0.464 e. The van der Waals surface area contributed by atoms with Crippen LogP contribution in [0.5, 0.6) is 0 Å². The molecule has 0 spiro atoms. The molecule has 5 atom stereocenters. The van der Waals surface area contributed by atoms with Crippen LogP contribution in [0.25, 0.3) is 33.4 Å². The minimum atomic E-state index is -1.06. The molecular formula is C48H67N9O7S. The van der Waals surface area contributed by atoms with Crippen LogP contribution in [0.2, 0.25) is 0 Å². The molecule has 3 aliphatic rings. The third-order valence-corrected chi connectivity index (χ3v) is 13.6. The van der Waals surface area contributed by atoms with Gasteiger partial charge >= 0.3 is 12.0 Å². The summed E-state index contributed by atoms with van der Waals surface area (Å²) in [7, 11) is 7.25. The first kappa shape index (κ1) is 48.0. The number of rotatable bonds is 10. The first-order valence-electron chi connectivity index (χ1n) is 22.9. The lowest BCUT2D eigenvalue weighted by molar-refractivity contribution is -0.155. The molecule has 4 amide bonds. The second-order valence-corrected chi connectivity index (χ2v) is 20.0. The molecule has 0 aliphatic carbocycles. The number of aryl methyl sites for hydroxylation is 1. The van der Waals surface area contributed by atoms with Gasteiger partial charge < -0.3 is 38.8 Å². The van der Waals surface area contributed by atoms with E-state index in [2.05, 4.69) is 60.3 Å². The summed E-state index contributed by atoms with van der Waals surface area (Å²) < 4.78 is 20.2. The van der Waals surface area contributed by atoms with Crippen LogP contribution in [0.1, 0.15) is 76.8 Å². The molecular weight excluding hydrogens is 847 g/mol. The highest BCUT2D eigenvalue weighted by atomic mass is 32.1. The third-order valence-electron chi connectivity index (χ3n) is 12.8. The molecule has 2 saturated heterocycles. The number of nitrogens with zero attached hydrogens (tertiary/aromatic N) is 7. The smallest absolute Gasteiger partial charge is 0.324 e. The third kappa shape index (κ3) is 10.5. The molecule has 2 N–H and O–H groups in total. The number of aromatic nitrogens is 3. The molecule has 6 heterocycles. The fourth-order valence-corrected chi connectivity index (χ4v) is 10.4. The van der Waals surface area contributed by atoms with Crippen molar-refractivity contribution in [3.05, 3.63) is 58.2 Å². The van der Waals surface area contributed by atoms with Gasteiger partial charge in [-0.3, -0.25) is 24.4 Å². The van der Waals surface area contributed by atoms with Gasteiger partial charge in [-0.05, 0) is 83.0 Å². The Morgan fingerprint density at radius 2 is 1.91 bits per heavy atom. The van der Waals surface area contributed by atoms with Crippen LogP contribution in [0.15, 0.2) is 41.9 Å². The monoisotopic (exact) mass is 913 g/mol. The zero-order valence-electron chi connectivity index (χ0n) is 39.7. The van der Waals surface area contributed by atoms with E-state index in [9.17, 15) is 19.2 Å². The quantitative estimate of drug-likeness (QED) is 0.192. The zero-order chi connectivity index (χ0) is 46.7. The summed E-state index contributed by atoms with van der Waals surface area (Å²) in [6.07, 6.45) is 3.11. The summed E-state index contributed by atoms with van der Waals surface area (Å²) in [5.41, 5.74) is 9.36. The lowest BCUT2D eigenvalue weighted by Gasteiger charge is -2.39. The number of likely N-dealkylation sites (N-methyl/N-ethyl adjacent to an activating group) is 2. The number of benzene rings is 1. The lowest BCUT2D eigenvalue weighted by atomic mass is 9.84. The maximum Gasteiger partial charge on any atom is 0.324 e. The van der Waals surface area contributed by atoms with Gasteiger partial charge in [0.1, 0.15) is 18.1 Å². The largest absolute Gasteiger partial charge is 0.464 e. The summed E-state index contributed by atoms with van der Waals surface area (Å²) in [5, 5.41) is 8.20. The van der Waals surface area contributed by atoms with Crippen molar-refractivity contribution in [3.63, 3.8) is 0 Å². The number of hydrazine groups is 1. The number of hydrogen-bond acceptors (Lipinski definition) is 12. The van der Waals surface area contributed by atoms with E-state index in [-0.39, 0.29) is 37.2 Å². The normalized spacial score (nSPS) is 21.6. The fraction of sp³-hybridized carbons (Fsp3) is 0.583. The predicted octanol–water partition coefficient (Wildman–Crippen LogP) is 5.54. The van der Waals surface area contributed by atoms with Crippen molar-refractivity contribution in [3.8, 4) is 22.5 Å². The molecule has 0 radical (unpaired) electrons. The molecule has 0 saturated carbocycles. The van der Waals surface area contributed by atoms with Gasteiger partial charge in [0.05, 0.1) is 47.5 Å². The van der Waals surface area contributed by atoms with Gasteiger partial charge in [-0.2, -0.15) is 0 Å². The van der Waals surface area contributed by atoms with Crippen molar-refractivity contribution >= 4 is 46.1 Å². The predicted molar refractivity (Wildman–Crippen MR) is 251 cm³/mol. The number of carbonyl (C=O) groups is 4. The number of morpholine rings is 1. The lowest BCUT2D eigenvalue weighted by Crippen LogP contribution is -2.63. The van der Waals surface area contributed by atoms with E-state index >= 15 is 0 Å². The number of amides is 4. The molecule has 3 aromatic heterocycles. The Bertz CT molecular complexity index is 2360. The zero-order valence-corrected chi connectivity index (χ0v) is 40.5. The molecule has 2 fully saturated rings. The average molecular weight is 914 g/mol. The number of nitrogens with one attached hydrogen (secondary N) is 2. The number of esters is 1. The summed E-state index contributed by atoms with van der Waals surface area (Å²) in [6.45, 7) is 15.2. The van der Waals surface area contributed by atoms with Crippen molar-refractivity contribution in [1.29, 1.82) is 0 Å². The van der Waals surface area contributed by atoms with Crippen LogP contribution >= 0.6 is 11.3 Å². The number of urea groups is 1.